The lowest BCUT2D eigenvalue weighted by molar-refractivity contribution is -0.384. The third-order valence-electron chi connectivity index (χ3n) is 2.23. The normalized spacial score (nSPS) is 10.4. The second-order valence-electron chi connectivity index (χ2n) is 3.56. The molecule has 0 radical (unpaired) electrons. The lowest BCUT2D eigenvalue weighted by Crippen LogP contribution is -2.02. The summed E-state index contributed by atoms with van der Waals surface area (Å²) >= 11 is 6.94. The molecule has 0 aliphatic carbocycles. The van der Waals surface area contributed by atoms with E-state index in [0.29, 0.717) is 10.0 Å². The molecule has 0 saturated carbocycles. The topological polar surface area (TPSA) is 88.9 Å². The standard InChI is InChI=1S/C11H8ClN3O3S/c12-7-1-2-11(14-4-7)19-6-10(16)9-3-8(5-13-9)15(17)18/h1-5,13H,6H2. The largest absolute Gasteiger partial charge is 0.353 e. The third kappa shape index (κ3) is 3.55. The number of hydrogen-bond acceptors (Lipinski definition) is 5. The quantitative estimate of drug-likeness (QED) is 0.397. The van der Waals surface area contributed by atoms with Crippen LogP contribution in [0.25, 0.3) is 0 Å². The van der Waals surface area contributed by atoms with Crippen molar-refractivity contribution in [3.8, 4) is 0 Å². The van der Waals surface area contributed by atoms with Gasteiger partial charge in [0.05, 0.1) is 32.6 Å². The Labute approximate surface area is 117 Å². The SMILES string of the molecule is O=C(CSc1ccc(Cl)cn1)c1cc([N+](=O)[O-])c[nH]1. The van der Waals surface area contributed by atoms with Gasteiger partial charge in [0.15, 0.2) is 5.78 Å². The summed E-state index contributed by atoms with van der Waals surface area (Å²) in [6.07, 6.45) is 2.69. The van der Waals surface area contributed by atoms with E-state index in [9.17, 15) is 14.9 Å². The molecule has 0 saturated heterocycles. The number of nitrogens with zero attached hydrogens (tertiary/aromatic N) is 2. The number of Topliss-reactive ketones (excluding diaryl/α,β-unsaturated/α-hetero) is 1. The van der Waals surface area contributed by atoms with Crippen LogP contribution in [0.5, 0.6) is 0 Å². The van der Waals surface area contributed by atoms with Gasteiger partial charge in [0.25, 0.3) is 5.69 Å². The molecule has 2 aromatic heterocycles. The number of H-pyrrole nitrogens is 1. The zero-order valence-corrected chi connectivity index (χ0v) is 11.1. The Morgan fingerprint density at radius 1 is 1.53 bits per heavy atom. The average Bonchev–Trinajstić information content (AvgIpc) is 2.87. The van der Waals surface area contributed by atoms with Crippen LogP contribution in [0.1, 0.15) is 10.5 Å². The summed E-state index contributed by atoms with van der Waals surface area (Å²) in [7, 11) is 0. The van der Waals surface area contributed by atoms with Gasteiger partial charge in [-0.05, 0) is 12.1 Å². The van der Waals surface area contributed by atoms with Crippen molar-refractivity contribution >= 4 is 34.8 Å². The minimum absolute atomic E-state index is 0.127. The Bertz CT molecular complexity index is 612. The highest BCUT2D eigenvalue weighted by Gasteiger charge is 2.14. The third-order valence-corrected chi connectivity index (χ3v) is 3.40. The summed E-state index contributed by atoms with van der Waals surface area (Å²) in [4.78, 5) is 28.4. The second kappa shape index (κ2) is 5.85. The molecule has 0 atom stereocenters. The maximum absolute atomic E-state index is 11.8. The smallest absolute Gasteiger partial charge is 0.287 e. The van der Waals surface area contributed by atoms with Crippen molar-refractivity contribution in [2.45, 2.75) is 5.03 Å². The van der Waals surface area contributed by atoms with Gasteiger partial charge in [-0.2, -0.15) is 0 Å². The van der Waals surface area contributed by atoms with Crippen molar-refractivity contribution in [1.29, 1.82) is 0 Å². The molecule has 8 heteroatoms. The Morgan fingerprint density at radius 3 is 2.89 bits per heavy atom. The number of ketones is 1. The number of rotatable bonds is 5. The number of nitrogens with one attached hydrogen (secondary N) is 1. The van der Waals surface area contributed by atoms with E-state index < -0.39 is 4.92 Å². The summed E-state index contributed by atoms with van der Waals surface area (Å²) in [5.41, 5.74) is 0.0890. The number of carbonyl (C=O) groups excluding carboxylic acids is 1. The highest BCUT2D eigenvalue weighted by molar-refractivity contribution is 7.99. The van der Waals surface area contributed by atoms with Gasteiger partial charge < -0.3 is 4.98 Å². The Hall–Kier alpha value is -1.86. The molecular formula is C11H8ClN3O3S. The van der Waals surface area contributed by atoms with Crippen LogP contribution < -0.4 is 0 Å². The molecule has 1 N–H and O–H groups in total. The van der Waals surface area contributed by atoms with Crippen molar-refractivity contribution in [2.24, 2.45) is 0 Å². The van der Waals surface area contributed by atoms with E-state index in [-0.39, 0.29) is 22.9 Å². The van der Waals surface area contributed by atoms with Crippen LogP contribution in [0.15, 0.2) is 35.6 Å². The predicted molar refractivity (Wildman–Crippen MR) is 71.7 cm³/mol. The first-order chi connectivity index (χ1) is 9.06. The first-order valence-electron chi connectivity index (χ1n) is 5.16. The maximum atomic E-state index is 11.8. The molecule has 0 aliphatic rings. The highest BCUT2D eigenvalue weighted by Crippen LogP contribution is 2.19. The Kier molecular flexibility index (Phi) is 4.18. The van der Waals surface area contributed by atoms with E-state index in [2.05, 4.69) is 9.97 Å². The molecule has 0 aliphatic heterocycles. The zero-order valence-electron chi connectivity index (χ0n) is 9.50. The van der Waals surface area contributed by atoms with Crippen LogP contribution in [0.3, 0.4) is 0 Å². The number of aromatic nitrogens is 2. The number of halogens is 1. The van der Waals surface area contributed by atoms with E-state index >= 15 is 0 Å². The number of pyridine rings is 1. The van der Waals surface area contributed by atoms with Crippen molar-refractivity contribution < 1.29 is 9.72 Å². The van der Waals surface area contributed by atoms with Gasteiger partial charge in [0.1, 0.15) is 0 Å². The molecule has 98 valence electrons. The molecular weight excluding hydrogens is 290 g/mol. The van der Waals surface area contributed by atoms with Crippen molar-refractivity contribution in [2.75, 3.05) is 5.75 Å². The summed E-state index contributed by atoms with van der Waals surface area (Å²) in [5.74, 6) is -0.0819. The van der Waals surface area contributed by atoms with Crippen LogP contribution in [0.4, 0.5) is 5.69 Å². The fraction of sp³-hybridized carbons (Fsp3) is 0.0909. The second-order valence-corrected chi connectivity index (χ2v) is 4.99. The fourth-order valence-electron chi connectivity index (χ4n) is 1.31. The van der Waals surface area contributed by atoms with E-state index in [0.717, 1.165) is 0 Å². The van der Waals surface area contributed by atoms with Crippen molar-refractivity contribution in [1.82, 2.24) is 9.97 Å². The molecule has 0 amide bonds. The first kappa shape index (κ1) is 13.6. The molecule has 0 spiro atoms. The molecule has 0 aromatic carbocycles. The first-order valence-corrected chi connectivity index (χ1v) is 6.53. The van der Waals surface area contributed by atoms with Gasteiger partial charge in [0.2, 0.25) is 0 Å². The predicted octanol–water partition coefficient (Wildman–Crippen LogP) is 2.95. The van der Waals surface area contributed by atoms with Gasteiger partial charge in [-0.3, -0.25) is 14.9 Å². The van der Waals surface area contributed by atoms with Crippen LogP contribution >= 0.6 is 23.4 Å². The molecule has 2 rings (SSSR count). The Balaban J connectivity index is 1.97. The molecule has 19 heavy (non-hydrogen) atoms. The van der Waals surface area contributed by atoms with Crippen molar-refractivity contribution in [3.05, 3.63) is 51.4 Å². The number of nitro groups is 1. The van der Waals surface area contributed by atoms with E-state index in [1.54, 1.807) is 12.1 Å². The fourth-order valence-corrected chi connectivity index (χ4v) is 2.15. The van der Waals surface area contributed by atoms with E-state index in [1.807, 2.05) is 0 Å². The maximum Gasteiger partial charge on any atom is 0.287 e. The van der Waals surface area contributed by atoms with E-state index in [1.165, 1.54) is 30.2 Å². The lowest BCUT2D eigenvalue weighted by Gasteiger charge is -1.99. The molecule has 2 aromatic rings. The summed E-state index contributed by atoms with van der Waals surface area (Å²) in [6.45, 7) is 0. The molecule has 0 bridgehead atoms. The van der Waals surface area contributed by atoms with Gasteiger partial charge in [-0.25, -0.2) is 4.98 Å². The summed E-state index contributed by atoms with van der Waals surface area (Å²) in [6, 6.07) is 4.61. The van der Waals surface area contributed by atoms with Crippen LogP contribution in [-0.4, -0.2) is 26.4 Å². The minimum atomic E-state index is -0.554. The van der Waals surface area contributed by atoms with E-state index in [4.69, 9.17) is 11.6 Å². The van der Waals surface area contributed by atoms with Gasteiger partial charge in [-0.1, -0.05) is 23.4 Å². The molecule has 6 nitrogen and oxygen atoms in total. The average molecular weight is 298 g/mol. The van der Waals surface area contributed by atoms with Crippen LogP contribution in [0, 0.1) is 10.1 Å². The van der Waals surface area contributed by atoms with Gasteiger partial charge in [-0.15, -0.1) is 0 Å². The Morgan fingerprint density at radius 2 is 2.32 bits per heavy atom. The summed E-state index contributed by atoms with van der Waals surface area (Å²) < 4.78 is 0. The molecule has 0 unspecified atom stereocenters. The number of carbonyl (C=O) groups is 1. The lowest BCUT2D eigenvalue weighted by atomic mass is 10.3. The van der Waals surface area contributed by atoms with Crippen molar-refractivity contribution in [3.63, 3.8) is 0 Å². The number of aromatic amines is 1. The number of hydrogen-bond donors (Lipinski definition) is 1. The molecule has 0 fully saturated rings. The minimum Gasteiger partial charge on any atom is -0.353 e. The van der Waals surface area contributed by atoms with Gasteiger partial charge >= 0.3 is 0 Å². The zero-order chi connectivity index (χ0) is 13.8. The number of thioether (sulfide) groups is 1. The summed E-state index contributed by atoms with van der Waals surface area (Å²) in [5, 5.41) is 11.7. The molecule has 2 heterocycles. The van der Waals surface area contributed by atoms with Crippen LogP contribution in [0.2, 0.25) is 5.02 Å². The highest BCUT2D eigenvalue weighted by atomic mass is 35.5. The monoisotopic (exact) mass is 297 g/mol. The van der Waals surface area contributed by atoms with Crippen LogP contribution in [-0.2, 0) is 0 Å². The van der Waals surface area contributed by atoms with Gasteiger partial charge in [0, 0.05) is 12.3 Å².